The molecule has 0 aliphatic heterocycles. The van der Waals surface area contributed by atoms with E-state index in [1.807, 2.05) is 25.4 Å². The van der Waals surface area contributed by atoms with Crippen LogP contribution in [0, 0.1) is 0 Å². The van der Waals surface area contributed by atoms with Gasteiger partial charge in [-0.05, 0) is 12.1 Å². The monoisotopic (exact) mass is 420 g/mol. The van der Waals surface area contributed by atoms with Gasteiger partial charge >= 0.3 is 5.69 Å². The molecular formula is C21H17ClN6O2. The van der Waals surface area contributed by atoms with Crippen LogP contribution in [0.3, 0.4) is 0 Å². The first-order valence-corrected chi connectivity index (χ1v) is 9.54. The molecule has 0 radical (unpaired) electrons. The van der Waals surface area contributed by atoms with Gasteiger partial charge < -0.3 is 4.74 Å². The number of benzene rings is 1. The number of hydrogen-bond donors (Lipinski definition) is 0. The van der Waals surface area contributed by atoms with Crippen molar-refractivity contribution in [3.05, 3.63) is 64.7 Å². The highest BCUT2D eigenvalue weighted by atomic mass is 35.5. The largest absolute Gasteiger partial charge is 0.496 e. The Morgan fingerprint density at radius 3 is 2.67 bits per heavy atom. The second-order valence-electron chi connectivity index (χ2n) is 6.97. The first-order chi connectivity index (χ1) is 14.5. The van der Waals surface area contributed by atoms with Crippen LogP contribution in [0.4, 0.5) is 0 Å². The summed E-state index contributed by atoms with van der Waals surface area (Å²) in [7, 11) is 5.20. The average Bonchev–Trinajstić information content (AvgIpc) is 3.29. The quantitative estimate of drug-likeness (QED) is 0.447. The van der Waals surface area contributed by atoms with Crippen LogP contribution in [0.5, 0.6) is 5.75 Å². The van der Waals surface area contributed by atoms with Crippen LogP contribution in [0.15, 0.2) is 54.0 Å². The number of ether oxygens (including phenoxy) is 1. The molecule has 0 fully saturated rings. The Hall–Kier alpha value is -3.65. The van der Waals surface area contributed by atoms with E-state index in [1.54, 1.807) is 52.6 Å². The van der Waals surface area contributed by atoms with Crippen LogP contribution in [0.25, 0.3) is 38.8 Å². The van der Waals surface area contributed by atoms with E-state index in [-0.39, 0.29) is 5.69 Å². The van der Waals surface area contributed by atoms with Gasteiger partial charge in [-0.1, -0.05) is 11.6 Å². The zero-order chi connectivity index (χ0) is 21.0. The normalized spacial score (nSPS) is 11.5. The number of pyridine rings is 2. The molecule has 0 saturated heterocycles. The minimum atomic E-state index is -0.217. The molecule has 1 aromatic carbocycles. The van der Waals surface area contributed by atoms with Gasteiger partial charge in [0.15, 0.2) is 0 Å². The Morgan fingerprint density at radius 1 is 1.13 bits per heavy atom. The fourth-order valence-corrected chi connectivity index (χ4v) is 3.96. The number of rotatable bonds is 3. The molecule has 0 spiro atoms. The molecule has 4 heterocycles. The number of fused-ring (bicyclic) bond motifs is 3. The van der Waals surface area contributed by atoms with Gasteiger partial charge in [0.25, 0.3) is 0 Å². The summed E-state index contributed by atoms with van der Waals surface area (Å²) in [4.78, 5) is 21.8. The number of aromatic nitrogens is 6. The second kappa shape index (κ2) is 6.70. The molecule has 8 nitrogen and oxygen atoms in total. The average molecular weight is 421 g/mol. The maximum atomic E-state index is 13.1. The van der Waals surface area contributed by atoms with E-state index in [4.69, 9.17) is 16.3 Å². The van der Waals surface area contributed by atoms with Crippen molar-refractivity contribution in [2.75, 3.05) is 7.11 Å². The molecule has 9 heteroatoms. The highest BCUT2D eigenvalue weighted by Gasteiger charge is 2.20. The molecule has 5 aromatic rings. The van der Waals surface area contributed by atoms with Gasteiger partial charge in [0, 0.05) is 55.3 Å². The molecular weight excluding hydrogens is 404 g/mol. The van der Waals surface area contributed by atoms with Gasteiger partial charge in [-0.25, -0.2) is 4.79 Å². The Labute approximate surface area is 175 Å². The van der Waals surface area contributed by atoms with E-state index in [0.29, 0.717) is 33.0 Å². The third-order valence-electron chi connectivity index (χ3n) is 5.21. The summed E-state index contributed by atoms with van der Waals surface area (Å²) in [6.07, 6.45) is 8.51. The van der Waals surface area contributed by atoms with E-state index < -0.39 is 0 Å². The predicted molar refractivity (Wildman–Crippen MR) is 115 cm³/mol. The van der Waals surface area contributed by atoms with Crippen molar-refractivity contribution >= 4 is 33.5 Å². The molecule has 30 heavy (non-hydrogen) atoms. The Balaban J connectivity index is 1.95. The van der Waals surface area contributed by atoms with Crippen molar-refractivity contribution in [3.8, 4) is 22.6 Å². The lowest BCUT2D eigenvalue weighted by Crippen LogP contribution is -2.21. The number of nitrogens with zero attached hydrogens (tertiary/aromatic N) is 6. The Bertz CT molecular complexity index is 1500. The van der Waals surface area contributed by atoms with Crippen LogP contribution in [-0.4, -0.2) is 36.0 Å². The van der Waals surface area contributed by atoms with Crippen LogP contribution < -0.4 is 10.4 Å². The number of hydrogen-bond acceptors (Lipinski definition) is 5. The lowest BCUT2D eigenvalue weighted by atomic mass is 10.0. The topological polar surface area (TPSA) is 79.8 Å². The minimum absolute atomic E-state index is 0.217. The molecule has 0 unspecified atom stereocenters. The predicted octanol–water partition coefficient (Wildman–Crippen LogP) is 3.33. The van der Waals surface area contributed by atoms with Gasteiger partial charge in [0.2, 0.25) is 0 Å². The second-order valence-corrected chi connectivity index (χ2v) is 7.38. The molecule has 0 saturated carbocycles. The zero-order valence-corrected chi connectivity index (χ0v) is 17.3. The molecule has 0 amide bonds. The number of methoxy groups -OCH3 is 1. The van der Waals surface area contributed by atoms with Gasteiger partial charge in [0.1, 0.15) is 5.75 Å². The molecule has 0 aliphatic rings. The lowest BCUT2D eigenvalue weighted by molar-refractivity contribution is 0.417. The van der Waals surface area contributed by atoms with Gasteiger partial charge in [-0.3, -0.25) is 23.8 Å². The van der Waals surface area contributed by atoms with E-state index in [9.17, 15) is 4.79 Å². The van der Waals surface area contributed by atoms with Gasteiger partial charge in [0.05, 0.1) is 46.8 Å². The smallest absolute Gasteiger partial charge is 0.333 e. The summed E-state index contributed by atoms with van der Waals surface area (Å²) in [5.41, 5.74) is 4.23. The fraction of sp³-hybridized carbons (Fsp3) is 0.143. The van der Waals surface area contributed by atoms with Gasteiger partial charge in [-0.15, -0.1) is 0 Å². The third kappa shape index (κ3) is 2.61. The molecule has 0 atom stereocenters. The molecule has 0 aliphatic carbocycles. The van der Waals surface area contributed by atoms with Crippen LogP contribution in [-0.2, 0) is 14.1 Å². The lowest BCUT2D eigenvalue weighted by Gasteiger charge is -2.11. The SMILES string of the molecule is COc1cc2ncc3c(c2cc1-c1cnn(C)c1)n(-c1ccncc1Cl)c(=O)n3C. The van der Waals surface area contributed by atoms with Crippen molar-refractivity contribution < 1.29 is 4.74 Å². The maximum absolute atomic E-state index is 13.1. The summed E-state index contributed by atoms with van der Waals surface area (Å²) in [5, 5.41) is 5.46. The molecule has 0 bridgehead atoms. The van der Waals surface area contributed by atoms with Crippen molar-refractivity contribution in [1.82, 2.24) is 28.9 Å². The van der Waals surface area contributed by atoms with Crippen molar-refractivity contribution in [2.24, 2.45) is 14.1 Å². The minimum Gasteiger partial charge on any atom is -0.496 e. The number of aryl methyl sites for hydroxylation is 2. The molecule has 5 rings (SSSR count). The van der Waals surface area contributed by atoms with Gasteiger partial charge in [-0.2, -0.15) is 5.10 Å². The van der Waals surface area contributed by atoms with Crippen LogP contribution in [0.2, 0.25) is 5.02 Å². The summed E-state index contributed by atoms with van der Waals surface area (Å²) in [6.45, 7) is 0. The van der Waals surface area contributed by atoms with Crippen LogP contribution >= 0.6 is 11.6 Å². The van der Waals surface area contributed by atoms with Crippen molar-refractivity contribution in [2.45, 2.75) is 0 Å². The number of halogens is 1. The third-order valence-corrected chi connectivity index (χ3v) is 5.50. The summed E-state index contributed by atoms with van der Waals surface area (Å²) >= 11 is 6.39. The zero-order valence-electron chi connectivity index (χ0n) is 16.5. The van der Waals surface area contributed by atoms with Crippen molar-refractivity contribution in [1.29, 1.82) is 0 Å². The van der Waals surface area contributed by atoms with E-state index in [1.165, 1.54) is 6.20 Å². The van der Waals surface area contributed by atoms with Crippen LogP contribution in [0.1, 0.15) is 0 Å². The highest BCUT2D eigenvalue weighted by Crippen LogP contribution is 2.36. The first-order valence-electron chi connectivity index (χ1n) is 9.16. The maximum Gasteiger partial charge on any atom is 0.333 e. The van der Waals surface area contributed by atoms with E-state index >= 15 is 0 Å². The Morgan fingerprint density at radius 2 is 1.97 bits per heavy atom. The Kier molecular flexibility index (Phi) is 4.11. The first kappa shape index (κ1) is 18.4. The molecule has 4 aromatic heterocycles. The summed E-state index contributed by atoms with van der Waals surface area (Å²) in [6, 6.07) is 5.57. The molecule has 150 valence electrons. The molecule has 0 N–H and O–H groups in total. The highest BCUT2D eigenvalue weighted by molar-refractivity contribution is 6.32. The summed E-state index contributed by atoms with van der Waals surface area (Å²) in [5.74, 6) is 0.675. The standard InChI is InChI=1S/C21H17ClN6O2/c1-26-11-12(8-25-26)13-6-14-16(7-19(13)30-3)24-10-18-20(14)28(21(29)27(18)2)17-4-5-23-9-15(17)22/h4-11H,1-3H3. The van der Waals surface area contributed by atoms with Crippen molar-refractivity contribution in [3.63, 3.8) is 0 Å². The fourth-order valence-electron chi connectivity index (χ4n) is 3.75. The van der Waals surface area contributed by atoms with E-state index in [0.717, 1.165) is 16.5 Å². The summed E-state index contributed by atoms with van der Waals surface area (Å²) < 4.78 is 10.5. The number of imidazole rings is 1. The van der Waals surface area contributed by atoms with E-state index in [2.05, 4.69) is 15.1 Å².